The SMILES string of the molecule is CC1=C[C@H](O)[C@]2(C)[C@@](C)(CC1)CC[C@@]2(O)C(C)C. The smallest absolute Gasteiger partial charge is 0.0809 e. The van der Waals surface area contributed by atoms with Crippen LogP contribution < -0.4 is 0 Å². The molecule has 4 atom stereocenters. The second-order valence-corrected chi connectivity index (χ2v) is 7.30. The van der Waals surface area contributed by atoms with Crippen molar-refractivity contribution in [3.05, 3.63) is 11.6 Å². The summed E-state index contributed by atoms with van der Waals surface area (Å²) < 4.78 is 0. The van der Waals surface area contributed by atoms with E-state index in [-0.39, 0.29) is 11.3 Å². The number of hydrogen-bond acceptors (Lipinski definition) is 2. The van der Waals surface area contributed by atoms with E-state index in [9.17, 15) is 10.2 Å². The van der Waals surface area contributed by atoms with E-state index < -0.39 is 17.1 Å². The third-order valence-electron chi connectivity index (χ3n) is 6.27. The number of fused-ring (bicyclic) bond motifs is 1. The summed E-state index contributed by atoms with van der Waals surface area (Å²) in [5, 5.41) is 21.9. The van der Waals surface area contributed by atoms with Crippen LogP contribution in [0.4, 0.5) is 0 Å². The van der Waals surface area contributed by atoms with E-state index in [2.05, 4.69) is 34.6 Å². The van der Waals surface area contributed by atoms with Gasteiger partial charge in [0.1, 0.15) is 0 Å². The van der Waals surface area contributed by atoms with E-state index in [1.54, 1.807) is 0 Å². The summed E-state index contributed by atoms with van der Waals surface area (Å²) in [4.78, 5) is 0. The molecule has 2 aliphatic rings. The zero-order valence-electron chi connectivity index (χ0n) is 12.5. The normalized spacial score (nSPS) is 48.9. The van der Waals surface area contributed by atoms with Gasteiger partial charge in [0, 0.05) is 5.41 Å². The van der Waals surface area contributed by atoms with Crippen LogP contribution in [-0.4, -0.2) is 21.9 Å². The molecule has 0 aromatic rings. The highest BCUT2D eigenvalue weighted by molar-refractivity contribution is 5.23. The minimum absolute atomic E-state index is 0.0275. The predicted octanol–water partition coefficient (Wildman–Crippen LogP) is 3.28. The Morgan fingerprint density at radius 2 is 1.83 bits per heavy atom. The first-order chi connectivity index (χ1) is 8.17. The molecule has 2 aliphatic carbocycles. The lowest BCUT2D eigenvalue weighted by Gasteiger charge is -2.52. The Kier molecular flexibility index (Phi) is 3.19. The van der Waals surface area contributed by atoms with Gasteiger partial charge in [-0.2, -0.15) is 0 Å². The molecular formula is C16H28O2. The van der Waals surface area contributed by atoms with Crippen LogP contribution in [0.25, 0.3) is 0 Å². The summed E-state index contributed by atoms with van der Waals surface area (Å²) in [5.74, 6) is 0.172. The number of allylic oxidation sites excluding steroid dienone is 1. The molecule has 0 aromatic carbocycles. The van der Waals surface area contributed by atoms with Gasteiger partial charge in [0.05, 0.1) is 11.7 Å². The molecule has 0 saturated heterocycles. The monoisotopic (exact) mass is 252 g/mol. The lowest BCUT2D eigenvalue weighted by atomic mass is 9.56. The minimum atomic E-state index is -0.762. The molecule has 0 spiro atoms. The van der Waals surface area contributed by atoms with E-state index >= 15 is 0 Å². The van der Waals surface area contributed by atoms with Gasteiger partial charge in [-0.1, -0.05) is 39.3 Å². The molecule has 104 valence electrons. The summed E-state index contributed by atoms with van der Waals surface area (Å²) in [5.41, 5.74) is 0.0823. The van der Waals surface area contributed by atoms with Gasteiger partial charge >= 0.3 is 0 Å². The average Bonchev–Trinajstić information content (AvgIpc) is 2.45. The zero-order chi connectivity index (χ0) is 13.8. The van der Waals surface area contributed by atoms with Crippen molar-refractivity contribution >= 4 is 0 Å². The third kappa shape index (κ3) is 1.55. The van der Waals surface area contributed by atoms with Gasteiger partial charge in [-0.15, -0.1) is 0 Å². The topological polar surface area (TPSA) is 40.5 Å². The fourth-order valence-electron chi connectivity index (χ4n) is 4.39. The number of hydrogen-bond donors (Lipinski definition) is 2. The highest BCUT2D eigenvalue weighted by Crippen LogP contribution is 2.65. The Morgan fingerprint density at radius 3 is 2.39 bits per heavy atom. The van der Waals surface area contributed by atoms with Gasteiger partial charge in [0.25, 0.3) is 0 Å². The van der Waals surface area contributed by atoms with Crippen molar-refractivity contribution in [2.75, 3.05) is 0 Å². The molecule has 2 N–H and O–H groups in total. The van der Waals surface area contributed by atoms with Gasteiger partial charge in [-0.25, -0.2) is 0 Å². The molecule has 0 amide bonds. The molecule has 2 rings (SSSR count). The summed E-state index contributed by atoms with van der Waals surface area (Å²) in [6.45, 7) is 10.6. The van der Waals surface area contributed by atoms with Crippen LogP contribution in [0, 0.1) is 16.7 Å². The van der Waals surface area contributed by atoms with Gasteiger partial charge in [-0.3, -0.25) is 0 Å². The lowest BCUT2D eigenvalue weighted by Crippen LogP contribution is -2.57. The first-order valence-corrected chi connectivity index (χ1v) is 7.25. The first kappa shape index (κ1) is 14.1. The largest absolute Gasteiger partial charge is 0.389 e. The van der Waals surface area contributed by atoms with Crippen molar-refractivity contribution in [1.82, 2.24) is 0 Å². The zero-order valence-corrected chi connectivity index (χ0v) is 12.5. The molecule has 0 aliphatic heterocycles. The van der Waals surface area contributed by atoms with Crippen molar-refractivity contribution < 1.29 is 10.2 Å². The molecular weight excluding hydrogens is 224 g/mol. The van der Waals surface area contributed by atoms with Crippen molar-refractivity contribution in [3.63, 3.8) is 0 Å². The van der Waals surface area contributed by atoms with Gasteiger partial charge in [-0.05, 0) is 43.9 Å². The maximum atomic E-state index is 11.2. The van der Waals surface area contributed by atoms with Gasteiger partial charge in [0.2, 0.25) is 0 Å². The fourth-order valence-corrected chi connectivity index (χ4v) is 4.39. The molecule has 0 aromatic heterocycles. The predicted molar refractivity (Wildman–Crippen MR) is 74.2 cm³/mol. The van der Waals surface area contributed by atoms with Crippen LogP contribution in [0.15, 0.2) is 11.6 Å². The van der Waals surface area contributed by atoms with Gasteiger partial charge in [0.15, 0.2) is 0 Å². The summed E-state index contributed by atoms with van der Waals surface area (Å²) in [6, 6.07) is 0. The molecule has 0 bridgehead atoms. The molecule has 0 unspecified atom stereocenters. The Balaban J connectivity index is 2.55. The first-order valence-electron chi connectivity index (χ1n) is 7.25. The Labute approximate surface area is 111 Å². The van der Waals surface area contributed by atoms with Gasteiger partial charge < -0.3 is 10.2 Å². The number of aliphatic hydroxyl groups excluding tert-OH is 1. The molecule has 2 nitrogen and oxygen atoms in total. The van der Waals surface area contributed by atoms with Crippen LogP contribution in [0.3, 0.4) is 0 Å². The Morgan fingerprint density at radius 1 is 1.22 bits per heavy atom. The molecule has 0 heterocycles. The number of rotatable bonds is 1. The number of aliphatic hydroxyl groups is 2. The van der Waals surface area contributed by atoms with Crippen LogP contribution in [0.2, 0.25) is 0 Å². The van der Waals surface area contributed by atoms with E-state index in [4.69, 9.17) is 0 Å². The summed E-state index contributed by atoms with van der Waals surface area (Å²) in [6.07, 6.45) is 5.36. The maximum absolute atomic E-state index is 11.2. The Hall–Kier alpha value is -0.340. The average molecular weight is 252 g/mol. The molecule has 0 radical (unpaired) electrons. The maximum Gasteiger partial charge on any atom is 0.0809 e. The standard InChI is InChI=1S/C16H28O2/c1-11(2)16(18)9-8-14(4)7-6-12(3)10-13(17)15(14,16)5/h10-11,13,17-18H,6-9H2,1-5H3/t13-,14-,15+,16+/m0/s1. The van der Waals surface area contributed by atoms with Crippen LogP contribution >= 0.6 is 0 Å². The minimum Gasteiger partial charge on any atom is -0.389 e. The van der Waals surface area contributed by atoms with E-state index in [0.717, 1.165) is 25.7 Å². The molecule has 18 heavy (non-hydrogen) atoms. The van der Waals surface area contributed by atoms with Crippen LogP contribution in [0.1, 0.15) is 60.3 Å². The molecule has 2 heteroatoms. The molecule has 1 fully saturated rings. The van der Waals surface area contributed by atoms with Crippen molar-refractivity contribution in [1.29, 1.82) is 0 Å². The second kappa shape index (κ2) is 4.08. The van der Waals surface area contributed by atoms with Crippen LogP contribution in [-0.2, 0) is 0 Å². The summed E-state index contributed by atoms with van der Waals surface area (Å²) >= 11 is 0. The van der Waals surface area contributed by atoms with Crippen LogP contribution in [0.5, 0.6) is 0 Å². The lowest BCUT2D eigenvalue weighted by molar-refractivity contribution is -0.165. The van der Waals surface area contributed by atoms with Crippen molar-refractivity contribution in [2.24, 2.45) is 16.7 Å². The van der Waals surface area contributed by atoms with Crippen molar-refractivity contribution in [3.8, 4) is 0 Å². The summed E-state index contributed by atoms with van der Waals surface area (Å²) in [7, 11) is 0. The van der Waals surface area contributed by atoms with E-state index in [1.165, 1.54) is 5.57 Å². The Bertz CT molecular complexity index is 373. The van der Waals surface area contributed by atoms with E-state index in [0.29, 0.717) is 0 Å². The molecule has 1 saturated carbocycles. The fraction of sp³-hybridized carbons (Fsp3) is 0.875. The second-order valence-electron chi connectivity index (χ2n) is 7.30. The third-order valence-corrected chi connectivity index (χ3v) is 6.27. The van der Waals surface area contributed by atoms with Crippen molar-refractivity contribution in [2.45, 2.75) is 72.0 Å². The highest BCUT2D eigenvalue weighted by Gasteiger charge is 2.66. The quantitative estimate of drug-likeness (QED) is 0.703. The van der Waals surface area contributed by atoms with E-state index in [1.807, 2.05) is 6.08 Å². The highest BCUT2D eigenvalue weighted by atomic mass is 16.3.